The standard InChI is InChI=1S/C13H20ClN3O/c1-10(2)17(3)8-4-6-16-13(18)12-9-11(14)5-7-15-12/h5,7,9-10H,4,6,8H2,1-3H3,(H,16,18). The zero-order chi connectivity index (χ0) is 13.5. The molecule has 0 aromatic carbocycles. The van der Waals surface area contributed by atoms with E-state index in [-0.39, 0.29) is 5.91 Å². The number of amides is 1. The fourth-order valence-electron chi connectivity index (χ4n) is 1.41. The first-order valence-corrected chi connectivity index (χ1v) is 6.48. The number of nitrogens with zero attached hydrogens (tertiary/aromatic N) is 2. The van der Waals surface area contributed by atoms with Crippen LogP contribution in [0.3, 0.4) is 0 Å². The lowest BCUT2D eigenvalue weighted by Crippen LogP contribution is -2.31. The molecule has 0 aliphatic rings. The van der Waals surface area contributed by atoms with Crippen molar-refractivity contribution in [2.45, 2.75) is 26.3 Å². The molecule has 0 aliphatic heterocycles. The topological polar surface area (TPSA) is 45.2 Å². The fourth-order valence-corrected chi connectivity index (χ4v) is 1.57. The predicted octanol–water partition coefficient (Wildman–Crippen LogP) is 2.20. The van der Waals surface area contributed by atoms with Crippen LogP contribution in [0, 0.1) is 0 Å². The highest BCUT2D eigenvalue weighted by molar-refractivity contribution is 6.30. The maximum Gasteiger partial charge on any atom is 0.269 e. The summed E-state index contributed by atoms with van der Waals surface area (Å²) in [6.07, 6.45) is 2.45. The summed E-state index contributed by atoms with van der Waals surface area (Å²) < 4.78 is 0. The molecule has 0 fully saturated rings. The Labute approximate surface area is 113 Å². The number of carbonyl (C=O) groups excluding carboxylic acids is 1. The van der Waals surface area contributed by atoms with Crippen molar-refractivity contribution in [3.8, 4) is 0 Å². The van der Waals surface area contributed by atoms with Gasteiger partial charge in [-0.15, -0.1) is 0 Å². The monoisotopic (exact) mass is 269 g/mol. The summed E-state index contributed by atoms with van der Waals surface area (Å²) in [6, 6.07) is 3.74. The van der Waals surface area contributed by atoms with Gasteiger partial charge in [0, 0.05) is 23.8 Å². The molecule has 4 nitrogen and oxygen atoms in total. The van der Waals surface area contributed by atoms with Gasteiger partial charge >= 0.3 is 0 Å². The molecule has 5 heteroatoms. The molecule has 0 aliphatic carbocycles. The van der Waals surface area contributed by atoms with Gasteiger partial charge in [-0.25, -0.2) is 0 Å². The third-order valence-electron chi connectivity index (χ3n) is 2.81. The van der Waals surface area contributed by atoms with E-state index in [4.69, 9.17) is 11.6 Å². The zero-order valence-corrected chi connectivity index (χ0v) is 11.9. The molecule has 1 aromatic heterocycles. The molecule has 0 saturated heterocycles. The van der Waals surface area contributed by atoms with Crippen molar-refractivity contribution in [3.05, 3.63) is 29.0 Å². The van der Waals surface area contributed by atoms with Crippen molar-refractivity contribution < 1.29 is 4.79 Å². The molecule has 0 spiro atoms. The van der Waals surface area contributed by atoms with Crippen LogP contribution in [0.1, 0.15) is 30.8 Å². The van der Waals surface area contributed by atoms with E-state index >= 15 is 0 Å². The maximum atomic E-state index is 11.7. The smallest absolute Gasteiger partial charge is 0.269 e. The van der Waals surface area contributed by atoms with Crippen molar-refractivity contribution in [3.63, 3.8) is 0 Å². The van der Waals surface area contributed by atoms with Gasteiger partial charge in [-0.3, -0.25) is 9.78 Å². The number of hydrogen-bond acceptors (Lipinski definition) is 3. The van der Waals surface area contributed by atoms with Gasteiger partial charge in [0.15, 0.2) is 0 Å². The fraction of sp³-hybridized carbons (Fsp3) is 0.538. The number of aromatic nitrogens is 1. The van der Waals surface area contributed by atoms with E-state index in [1.54, 1.807) is 12.1 Å². The Kier molecular flexibility index (Phi) is 6.09. The van der Waals surface area contributed by atoms with E-state index in [0.717, 1.165) is 13.0 Å². The largest absolute Gasteiger partial charge is 0.351 e. The van der Waals surface area contributed by atoms with E-state index in [1.807, 2.05) is 0 Å². The van der Waals surface area contributed by atoms with E-state index in [9.17, 15) is 4.79 Å². The average molecular weight is 270 g/mol. The van der Waals surface area contributed by atoms with Crippen LogP contribution < -0.4 is 5.32 Å². The normalized spacial score (nSPS) is 11.0. The minimum absolute atomic E-state index is 0.176. The van der Waals surface area contributed by atoms with Crippen LogP contribution in [0.15, 0.2) is 18.3 Å². The lowest BCUT2D eigenvalue weighted by atomic mass is 10.3. The van der Waals surface area contributed by atoms with Gasteiger partial charge in [0.2, 0.25) is 0 Å². The van der Waals surface area contributed by atoms with Gasteiger partial charge in [-0.05, 0) is 46.0 Å². The van der Waals surface area contributed by atoms with Crippen LogP contribution in [-0.2, 0) is 0 Å². The van der Waals surface area contributed by atoms with Gasteiger partial charge in [-0.1, -0.05) is 11.6 Å². The van der Waals surface area contributed by atoms with Crippen LogP contribution >= 0.6 is 11.6 Å². The molecule has 1 amide bonds. The highest BCUT2D eigenvalue weighted by atomic mass is 35.5. The molecule has 1 N–H and O–H groups in total. The summed E-state index contributed by atoms with van der Waals surface area (Å²) in [6.45, 7) is 5.90. The minimum atomic E-state index is -0.176. The first-order chi connectivity index (χ1) is 8.50. The molecule has 100 valence electrons. The lowest BCUT2D eigenvalue weighted by molar-refractivity contribution is 0.0946. The Morgan fingerprint density at radius 3 is 2.89 bits per heavy atom. The van der Waals surface area contributed by atoms with E-state index < -0.39 is 0 Å². The number of nitrogens with one attached hydrogen (secondary N) is 1. The van der Waals surface area contributed by atoms with Gasteiger partial charge in [0.25, 0.3) is 5.91 Å². The number of hydrogen-bond donors (Lipinski definition) is 1. The van der Waals surface area contributed by atoms with Crippen molar-refractivity contribution in [1.29, 1.82) is 0 Å². The molecular formula is C13H20ClN3O. The molecule has 0 radical (unpaired) electrons. The predicted molar refractivity (Wildman–Crippen MR) is 74.0 cm³/mol. The van der Waals surface area contributed by atoms with Crippen molar-refractivity contribution in [2.75, 3.05) is 20.1 Å². The second-order valence-corrected chi connectivity index (χ2v) is 4.98. The molecule has 1 rings (SSSR count). The third-order valence-corrected chi connectivity index (χ3v) is 3.04. The van der Waals surface area contributed by atoms with Crippen LogP contribution in [0.4, 0.5) is 0 Å². The van der Waals surface area contributed by atoms with Crippen molar-refractivity contribution in [1.82, 2.24) is 15.2 Å². The first kappa shape index (κ1) is 14.9. The Bertz CT molecular complexity index is 396. The van der Waals surface area contributed by atoms with Gasteiger partial charge in [-0.2, -0.15) is 0 Å². The molecule has 1 aromatic rings. The van der Waals surface area contributed by atoms with Crippen molar-refractivity contribution in [2.24, 2.45) is 0 Å². The lowest BCUT2D eigenvalue weighted by Gasteiger charge is -2.20. The zero-order valence-electron chi connectivity index (χ0n) is 11.1. The summed E-state index contributed by atoms with van der Waals surface area (Å²) in [5, 5.41) is 3.36. The molecule has 0 unspecified atom stereocenters. The summed E-state index contributed by atoms with van der Waals surface area (Å²) >= 11 is 5.80. The second-order valence-electron chi connectivity index (χ2n) is 4.54. The first-order valence-electron chi connectivity index (χ1n) is 6.10. The van der Waals surface area contributed by atoms with E-state index in [2.05, 4.69) is 36.1 Å². The van der Waals surface area contributed by atoms with E-state index in [1.165, 1.54) is 6.20 Å². The minimum Gasteiger partial charge on any atom is -0.351 e. The van der Waals surface area contributed by atoms with Crippen molar-refractivity contribution >= 4 is 17.5 Å². The Morgan fingerprint density at radius 2 is 2.28 bits per heavy atom. The van der Waals surface area contributed by atoms with Crippen LogP contribution in [0.5, 0.6) is 0 Å². The average Bonchev–Trinajstić information content (AvgIpc) is 2.33. The van der Waals surface area contributed by atoms with Crippen LogP contribution in [-0.4, -0.2) is 42.0 Å². The number of pyridine rings is 1. The number of rotatable bonds is 6. The summed E-state index contributed by atoms with van der Waals surface area (Å²) in [7, 11) is 2.07. The Hall–Kier alpha value is -1.13. The summed E-state index contributed by atoms with van der Waals surface area (Å²) in [5.74, 6) is -0.176. The highest BCUT2D eigenvalue weighted by Crippen LogP contribution is 2.07. The number of carbonyl (C=O) groups is 1. The SMILES string of the molecule is CC(C)N(C)CCCNC(=O)c1cc(Cl)ccn1. The van der Waals surface area contributed by atoms with Gasteiger partial charge < -0.3 is 10.2 Å². The Morgan fingerprint density at radius 1 is 1.56 bits per heavy atom. The molecule has 18 heavy (non-hydrogen) atoms. The van der Waals surface area contributed by atoms with Gasteiger partial charge in [0.1, 0.15) is 5.69 Å². The highest BCUT2D eigenvalue weighted by Gasteiger charge is 2.07. The van der Waals surface area contributed by atoms with Crippen LogP contribution in [0.2, 0.25) is 5.02 Å². The molecule has 0 bridgehead atoms. The molecule has 0 atom stereocenters. The maximum absolute atomic E-state index is 11.7. The molecular weight excluding hydrogens is 250 g/mol. The second kappa shape index (κ2) is 7.34. The van der Waals surface area contributed by atoms with E-state index in [0.29, 0.717) is 23.3 Å². The molecule has 0 saturated carbocycles. The van der Waals surface area contributed by atoms with Gasteiger partial charge in [0.05, 0.1) is 0 Å². The Balaban J connectivity index is 2.30. The third kappa shape index (κ3) is 5.02. The summed E-state index contributed by atoms with van der Waals surface area (Å²) in [4.78, 5) is 17.9. The quantitative estimate of drug-likeness (QED) is 0.806. The molecule has 1 heterocycles. The van der Waals surface area contributed by atoms with Crippen LogP contribution in [0.25, 0.3) is 0 Å². The summed E-state index contributed by atoms with van der Waals surface area (Å²) in [5.41, 5.74) is 0.361. The number of halogens is 1.